The van der Waals surface area contributed by atoms with Crippen LogP contribution in [0.5, 0.6) is 0 Å². The molecule has 3 unspecified atom stereocenters. The molecule has 1 fully saturated rings. The minimum Gasteiger partial charge on any atom is -0.378 e. The Bertz CT molecular complexity index is 392. The monoisotopic (exact) mass is 385 g/mol. The van der Waals surface area contributed by atoms with Gasteiger partial charge >= 0.3 is 0 Å². The molecule has 0 bridgehead atoms. The van der Waals surface area contributed by atoms with E-state index in [2.05, 4.69) is 38.2 Å². The Morgan fingerprint density at radius 2 is 1.88 bits per heavy atom. The summed E-state index contributed by atoms with van der Waals surface area (Å²) >= 11 is 0. The Hall–Kier alpha value is -0.0700. The lowest BCUT2D eigenvalue weighted by Gasteiger charge is -2.57. The van der Waals surface area contributed by atoms with E-state index in [1.54, 1.807) is 0 Å². The predicted molar refractivity (Wildman–Crippen MR) is 105 cm³/mol. The summed E-state index contributed by atoms with van der Waals surface area (Å²) in [4.78, 5) is 14.8. The zero-order valence-electron chi connectivity index (χ0n) is 16.2. The summed E-state index contributed by atoms with van der Waals surface area (Å²) in [6, 6.07) is 0.332. The maximum atomic E-state index is 12.6. The van der Waals surface area contributed by atoms with Crippen molar-refractivity contribution in [2.24, 2.45) is 17.1 Å². The Balaban J connectivity index is 0. The SMILES string of the molecule is CCOC1CC(N)(C(=O)NCC(CC(C)C)N(C)C)C1(C)C.Cl.Cl. The minimum absolute atomic E-state index is 0. The average Bonchev–Trinajstić information content (AvgIpc) is 2.41. The molecule has 1 rings (SSSR count). The molecule has 0 aromatic heterocycles. The quantitative estimate of drug-likeness (QED) is 0.673. The molecule has 146 valence electrons. The lowest BCUT2D eigenvalue weighted by molar-refractivity contribution is -0.170. The molecule has 3 atom stereocenters. The molecule has 0 saturated heterocycles. The summed E-state index contributed by atoms with van der Waals surface area (Å²) in [6.45, 7) is 11.7. The summed E-state index contributed by atoms with van der Waals surface area (Å²) in [6.07, 6.45) is 1.71. The number of carbonyl (C=O) groups excluding carboxylic acids is 1. The van der Waals surface area contributed by atoms with Crippen LogP contribution in [-0.2, 0) is 9.53 Å². The number of likely N-dealkylation sites (N-methyl/N-ethyl adjacent to an activating group) is 1. The van der Waals surface area contributed by atoms with E-state index >= 15 is 0 Å². The number of rotatable bonds is 8. The molecule has 24 heavy (non-hydrogen) atoms. The van der Waals surface area contributed by atoms with E-state index in [0.29, 0.717) is 31.5 Å². The molecule has 1 saturated carbocycles. The number of nitrogens with two attached hydrogens (primary N) is 1. The topological polar surface area (TPSA) is 67.6 Å². The van der Waals surface area contributed by atoms with Crippen LogP contribution in [0.3, 0.4) is 0 Å². The largest absolute Gasteiger partial charge is 0.378 e. The van der Waals surface area contributed by atoms with Gasteiger partial charge in [0, 0.05) is 31.0 Å². The van der Waals surface area contributed by atoms with E-state index in [4.69, 9.17) is 10.5 Å². The van der Waals surface area contributed by atoms with Gasteiger partial charge in [0.2, 0.25) is 5.91 Å². The highest BCUT2D eigenvalue weighted by molar-refractivity contribution is 5.88. The van der Waals surface area contributed by atoms with Gasteiger partial charge in [0.1, 0.15) is 5.54 Å². The Kier molecular flexibility index (Phi) is 11.1. The Morgan fingerprint density at radius 3 is 2.25 bits per heavy atom. The van der Waals surface area contributed by atoms with Gasteiger partial charge in [-0.25, -0.2) is 0 Å². The molecule has 7 heteroatoms. The summed E-state index contributed by atoms with van der Waals surface area (Å²) < 4.78 is 5.69. The number of amides is 1. The van der Waals surface area contributed by atoms with Gasteiger partial charge in [0.05, 0.1) is 6.10 Å². The van der Waals surface area contributed by atoms with Gasteiger partial charge in [0.25, 0.3) is 0 Å². The number of ether oxygens (including phenoxy) is 1. The number of halogens is 2. The highest BCUT2D eigenvalue weighted by Crippen LogP contribution is 2.49. The van der Waals surface area contributed by atoms with Gasteiger partial charge in [0.15, 0.2) is 0 Å². The molecule has 0 aromatic rings. The fourth-order valence-electron chi connectivity index (χ4n) is 3.21. The maximum Gasteiger partial charge on any atom is 0.240 e. The second-order valence-electron chi connectivity index (χ2n) is 7.80. The molecular formula is C17H37Cl2N3O2. The molecule has 3 N–H and O–H groups in total. The van der Waals surface area contributed by atoms with E-state index in [0.717, 1.165) is 6.42 Å². The van der Waals surface area contributed by atoms with E-state index < -0.39 is 5.54 Å². The van der Waals surface area contributed by atoms with Crippen LogP contribution in [0.25, 0.3) is 0 Å². The third kappa shape index (κ3) is 5.46. The van der Waals surface area contributed by atoms with Crippen molar-refractivity contribution in [3.8, 4) is 0 Å². The van der Waals surface area contributed by atoms with Crippen LogP contribution in [0.2, 0.25) is 0 Å². The highest BCUT2D eigenvalue weighted by Gasteiger charge is 2.62. The lowest BCUT2D eigenvalue weighted by atomic mass is 9.54. The second kappa shape index (κ2) is 10.2. The molecule has 5 nitrogen and oxygen atoms in total. The molecule has 0 aromatic carbocycles. The molecule has 1 aliphatic rings. The predicted octanol–water partition coefficient (Wildman–Crippen LogP) is 2.46. The highest BCUT2D eigenvalue weighted by atomic mass is 35.5. The third-order valence-corrected chi connectivity index (χ3v) is 5.21. The van der Waals surface area contributed by atoms with Crippen LogP contribution >= 0.6 is 24.8 Å². The first-order chi connectivity index (χ1) is 10.1. The third-order valence-electron chi connectivity index (χ3n) is 5.21. The van der Waals surface area contributed by atoms with Gasteiger partial charge in [-0.1, -0.05) is 27.7 Å². The molecule has 0 spiro atoms. The fourth-order valence-corrected chi connectivity index (χ4v) is 3.21. The number of hydrogen-bond acceptors (Lipinski definition) is 4. The van der Waals surface area contributed by atoms with Crippen molar-refractivity contribution in [2.45, 2.75) is 65.1 Å². The smallest absolute Gasteiger partial charge is 0.240 e. The summed E-state index contributed by atoms with van der Waals surface area (Å²) in [5, 5.41) is 3.07. The van der Waals surface area contributed by atoms with Crippen LogP contribution < -0.4 is 11.1 Å². The first-order valence-corrected chi connectivity index (χ1v) is 8.41. The van der Waals surface area contributed by atoms with Crippen molar-refractivity contribution < 1.29 is 9.53 Å². The molecule has 0 aliphatic heterocycles. The van der Waals surface area contributed by atoms with Crippen molar-refractivity contribution in [2.75, 3.05) is 27.2 Å². The average molecular weight is 386 g/mol. The summed E-state index contributed by atoms with van der Waals surface area (Å²) in [7, 11) is 4.10. The minimum atomic E-state index is -0.832. The van der Waals surface area contributed by atoms with Crippen LogP contribution in [0.15, 0.2) is 0 Å². The van der Waals surface area contributed by atoms with Crippen molar-refractivity contribution in [1.82, 2.24) is 10.2 Å². The van der Waals surface area contributed by atoms with Gasteiger partial charge in [-0.05, 0) is 33.4 Å². The molecular weight excluding hydrogens is 349 g/mol. The number of nitrogens with one attached hydrogen (secondary N) is 1. The van der Waals surface area contributed by atoms with E-state index in [1.165, 1.54) is 0 Å². The molecule has 0 heterocycles. The fraction of sp³-hybridized carbons (Fsp3) is 0.941. The molecule has 1 aliphatic carbocycles. The van der Waals surface area contributed by atoms with Gasteiger partial charge in [-0.3, -0.25) is 4.79 Å². The van der Waals surface area contributed by atoms with Gasteiger partial charge < -0.3 is 20.7 Å². The van der Waals surface area contributed by atoms with Crippen molar-refractivity contribution >= 4 is 30.7 Å². The maximum absolute atomic E-state index is 12.6. The van der Waals surface area contributed by atoms with Gasteiger partial charge in [-0.15, -0.1) is 24.8 Å². The Morgan fingerprint density at radius 1 is 1.33 bits per heavy atom. The second-order valence-corrected chi connectivity index (χ2v) is 7.80. The molecule has 1 amide bonds. The number of nitrogens with zero attached hydrogens (tertiary/aromatic N) is 1. The zero-order chi connectivity index (χ0) is 17.1. The first-order valence-electron chi connectivity index (χ1n) is 8.41. The number of carbonyl (C=O) groups is 1. The van der Waals surface area contributed by atoms with Crippen LogP contribution in [0, 0.1) is 11.3 Å². The zero-order valence-corrected chi connectivity index (χ0v) is 17.9. The summed E-state index contributed by atoms with van der Waals surface area (Å²) in [5.41, 5.74) is 5.24. The standard InChI is InChI=1S/C17H35N3O2.2ClH/c1-8-22-14-10-17(18,16(14,4)5)15(21)19-11-13(20(6)7)9-12(2)3;;/h12-14H,8-11,18H2,1-7H3,(H,19,21);2*1H. The number of hydrogen-bond donors (Lipinski definition) is 2. The van der Waals surface area contributed by atoms with E-state index in [1.807, 2.05) is 20.8 Å². The van der Waals surface area contributed by atoms with Crippen LogP contribution in [0.1, 0.15) is 47.5 Å². The first kappa shape index (κ1) is 26.2. The van der Waals surface area contributed by atoms with Crippen molar-refractivity contribution in [1.29, 1.82) is 0 Å². The van der Waals surface area contributed by atoms with Crippen molar-refractivity contribution in [3.63, 3.8) is 0 Å². The van der Waals surface area contributed by atoms with Crippen LogP contribution in [-0.4, -0.2) is 55.7 Å². The van der Waals surface area contributed by atoms with E-state index in [-0.39, 0.29) is 42.2 Å². The van der Waals surface area contributed by atoms with Gasteiger partial charge in [-0.2, -0.15) is 0 Å². The van der Waals surface area contributed by atoms with E-state index in [9.17, 15) is 4.79 Å². The molecule has 0 radical (unpaired) electrons. The lowest BCUT2D eigenvalue weighted by Crippen LogP contribution is -2.76. The normalized spacial score (nSPS) is 26.2. The Labute approximate surface area is 160 Å². The van der Waals surface area contributed by atoms with Crippen LogP contribution in [0.4, 0.5) is 0 Å². The van der Waals surface area contributed by atoms with Crippen molar-refractivity contribution in [3.05, 3.63) is 0 Å². The summed E-state index contributed by atoms with van der Waals surface area (Å²) in [5.74, 6) is 0.544.